The molecule has 0 spiro atoms. The second kappa shape index (κ2) is 7.03. The van der Waals surface area contributed by atoms with E-state index in [9.17, 15) is 14.7 Å². The molecule has 1 heterocycles. The summed E-state index contributed by atoms with van der Waals surface area (Å²) >= 11 is 0. The van der Waals surface area contributed by atoms with Crippen LogP contribution < -0.4 is 0 Å². The number of hydrogen-bond donors (Lipinski definition) is 1. The van der Waals surface area contributed by atoms with Gasteiger partial charge in [-0.05, 0) is 49.1 Å². The Labute approximate surface area is 155 Å². The molecule has 26 heavy (non-hydrogen) atoms. The highest BCUT2D eigenvalue weighted by atomic mass is 16.4. The molecule has 4 unspecified atom stereocenters. The number of fused-ring (bicyclic) bond motifs is 2. The highest BCUT2D eigenvalue weighted by molar-refractivity contribution is 5.86. The van der Waals surface area contributed by atoms with E-state index in [4.69, 9.17) is 0 Å². The van der Waals surface area contributed by atoms with Gasteiger partial charge in [0.25, 0.3) is 0 Å². The number of rotatable bonds is 4. The van der Waals surface area contributed by atoms with Crippen LogP contribution in [-0.2, 0) is 16.1 Å². The predicted octanol–water partition coefficient (Wildman–Crippen LogP) is 2.39. The molecule has 4 atom stereocenters. The summed E-state index contributed by atoms with van der Waals surface area (Å²) in [5.41, 5.74) is 2.64. The van der Waals surface area contributed by atoms with Gasteiger partial charge in [-0.15, -0.1) is 0 Å². The van der Waals surface area contributed by atoms with Crippen molar-refractivity contribution in [3.05, 3.63) is 35.4 Å². The minimum Gasteiger partial charge on any atom is -0.481 e. The van der Waals surface area contributed by atoms with Crippen molar-refractivity contribution in [3.63, 3.8) is 0 Å². The Kier molecular flexibility index (Phi) is 4.74. The first-order valence-electron chi connectivity index (χ1n) is 9.83. The fourth-order valence-electron chi connectivity index (χ4n) is 5.37. The Morgan fingerprint density at radius 3 is 2.35 bits per heavy atom. The molecule has 5 nitrogen and oxygen atoms in total. The lowest BCUT2D eigenvalue weighted by Crippen LogP contribution is -2.52. The smallest absolute Gasteiger partial charge is 0.307 e. The maximum Gasteiger partial charge on any atom is 0.307 e. The number of carboxylic acid groups (broad SMARTS) is 1. The molecule has 140 valence electrons. The van der Waals surface area contributed by atoms with Gasteiger partial charge in [0.1, 0.15) is 0 Å². The summed E-state index contributed by atoms with van der Waals surface area (Å²) in [7, 11) is 0. The number of carboxylic acids is 1. The number of benzene rings is 1. The van der Waals surface area contributed by atoms with Gasteiger partial charge in [-0.3, -0.25) is 14.5 Å². The topological polar surface area (TPSA) is 60.9 Å². The standard InChI is InChI=1S/C21H28N2O3/c1-14-4-2-3-5-17(14)13-22-8-10-23(11-9-22)20(24)18-15-6-7-16(12-15)19(18)21(25)26/h2-5,15-16,18-19H,6-13H2,1H3,(H,25,26). The maximum atomic E-state index is 13.1. The van der Waals surface area contributed by atoms with Crippen molar-refractivity contribution in [1.82, 2.24) is 9.80 Å². The number of carbonyl (C=O) groups is 2. The van der Waals surface area contributed by atoms with Crippen molar-refractivity contribution in [1.29, 1.82) is 0 Å². The third kappa shape index (κ3) is 3.13. The van der Waals surface area contributed by atoms with E-state index >= 15 is 0 Å². The number of carbonyl (C=O) groups excluding carboxylic acids is 1. The largest absolute Gasteiger partial charge is 0.481 e. The number of amides is 1. The SMILES string of the molecule is Cc1ccccc1CN1CCN(C(=O)C2C3CCC(C3)C2C(=O)O)CC1. The summed E-state index contributed by atoms with van der Waals surface area (Å²) in [5.74, 6) is -0.901. The Balaban J connectivity index is 1.36. The van der Waals surface area contributed by atoms with Crippen LogP contribution in [0, 0.1) is 30.6 Å². The molecule has 1 amide bonds. The molecule has 2 aliphatic carbocycles. The van der Waals surface area contributed by atoms with Crippen LogP contribution in [0.5, 0.6) is 0 Å². The highest BCUT2D eigenvalue weighted by Gasteiger charge is 2.54. The Hall–Kier alpha value is -1.88. The maximum absolute atomic E-state index is 13.1. The van der Waals surface area contributed by atoms with Gasteiger partial charge in [0, 0.05) is 32.7 Å². The molecule has 2 bridgehead atoms. The number of piperazine rings is 1. The van der Waals surface area contributed by atoms with Gasteiger partial charge in [-0.25, -0.2) is 0 Å². The van der Waals surface area contributed by atoms with Crippen LogP contribution in [0.15, 0.2) is 24.3 Å². The minimum absolute atomic E-state index is 0.0974. The molecule has 1 saturated heterocycles. The Bertz CT molecular complexity index is 696. The molecule has 1 aromatic carbocycles. The van der Waals surface area contributed by atoms with Crippen molar-refractivity contribution in [2.24, 2.45) is 23.7 Å². The lowest BCUT2D eigenvalue weighted by atomic mass is 9.78. The molecule has 1 aliphatic heterocycles. The summed E-state index contributed by atoms with van der Waals surface area (Å²) in [4.78, 5) is 29.1. The van der Waals surface area contributed by atoms with Crippen LogP contribution in [0.4, 0.5) is 0 Å². The van der Waals surface area contributed by atoms with Crippen LogP contribution in [0.3, 0.4) is 0 Å². The van der Waals surface area contributed by atoms with E-state index in [1.54, 1.807) is 0 Å². The first-order valence-corrected chi connectivity index (χ1v) is 9.83. The van der Waals surface area contributed by atoms with E-state index in [1.165, 1.54) is 11.1 Å². The predicted molar refractivity (Wildman–Crippen MR) is 98.5 cm³/mol. The molecule has 0 aromatic heterocycles. The third-order valence-corrected chi connectivity index (χ3v) is 6.83. The number of hydrogen-bond acceptors (Lipinski definition) is 3. The van der Waals surface area contributed by atoms with E-state index in [1.807, 2.05) is 4.90 Å². The van der Waals surface area contributed by atoms with E-state index in [0.717, 1.165) is 38.9 Å². The van der Waals surface area contributed by atoms with Crippen molar-refractivity contribution >= 4 is 11.9 Å². The van der Waals surface area contributed by atoms with Crippen LogP contribution in [0.25, 0.3) is 0 Å². The fraction of sp³-hybridized carbons (Fsp3) is 0.619. The summed E-state index contributed by atoms with van der Waals surface area (Å²) in [6, 6.07) is 8.43. The zero-order chi connectivity index (χ0) is 18.3. The molecule has 1 aromatic rings. The van der Waals surface area contributed by atoms with Gasteiger partial charge in [-0.2, -0.15) is 0 Å². The zero-order valence-electron chi connectivity index (χ0n) is 15.4. The molecule has 5 heteroatoms. The van der Waals surface area contributed by atoms with Crippen LogP contribution in [0.1, 0.15) is 30.4 Å². The summed E-state index contributed by atoms with van der Waals surface area (Å²) in [6.07, 6.45) is 2.94. The fourth-order valence-corrected chi connectivity index (χ4v) is 5.37. The summed E-state index contributed by atoms with van der Waals surface area (Å²) in [6.45, 7) is 6.20. The number of aliphatic carboxylic acids is 1. The molecule has 3 fully saturated rings. The van der Waals surface area contributed by atoms with Crippen molar-refractivity contribution in [2.75, 3.05) is 26.2 Å². The van der Waals surface area contributed by atoms with Gasteiger partial charge < -0.3 is 10.0 Å². The van der Waals surface area contributed by atoms with Crippen molar-refractivity contribution in [2.45, 2.75) is 32.7 Å². The lowest BCUT2D eigenvalue weighted by molar-refractivity contribution is -0.153. The van der Waals surface area contributed by atoms with E-state index in [0.29, 0.717) is 19.0 Å². The van der Waals surface area contributed by atoms with Gasteiger partial charge in [0.05, 0.1) is 11.8 Å². The van der Waals surface area contributed by atoms with E-state index in [-0.39, 0.29) is 17.7 Å². The van der Waals surface area contributed by atoms with Gasteiger partial charge in [0.2, 0.25) is 5.91 Å². The van der Waals surface area contributed by atoms with Crippen LogP contribution in [0.2, 0.25) is 0 Å². The second-order valence-corrected chi connectivity index (χ2v) is 8.25. The Morgan fingerprint density at radius 1 is 1.04 bits per heavy atom. The monoisotopic (exact) mass is 356 g/mol. The number of nitrogens with zero attached hydrogens (tertiary/aromatic N) is 2. The quantitative estimate of drug-likeness (QED) is 0.900. The second-order valence-electron chi connectivity index (χ2n) is 8.25. The van der Waals surface area contributed by atoms with Gasteiger partial charge in [0.15, 0.2) is 0 Å². The molecular formula is C21H28N2O3. The zero-order valence-corrected chi connectivity index (χ0v) is 15.4. The first-order chi connectivity index (χ1) is 12.5. The normalized spacial score (nSPS) is 31.3. The molecular weight excluding hydrogens is 328 g/mol. The van der Waals surface area contributed by atoms with Crippen LogP contribution in [-0.4, -0.2) is 53.0 Å². The number of aryl methyl sites for hydroxylation is 1. The third-order valence-electron chi connectivity index (χ3n) is 6.83. The van der Waals surface area contributed by atoms with Crippen LogP contribution >= 0.6 is 0 Å². The average molecular weight is 356 g/mol. The molecule has 4 rings (SSSR count). The van der Waals surface area contributed by atoms with E-state index < -0.39 is 11.9 Å². The van der Waals surface area contributed by atoms with Crippen molar-refractivity contribution in [3.8, 4) is 0 Å². The minimum atomic E-state index is -0.770. The average Bonchev–Trinajstić information content (AvgIpc) is 3.25. The van der Waals surface area contributed by atoms with Crippen molar-refractivity contribution < 1.29 is 14.7 Å². The summed E-state index contributed by atoms with van der Waals surface area (Å²) in [5, 5.41) is 9.61. The molecule has 1 N–H and O–H groups in total. The highest BCUT2D eigenvalue weighted by Crippen LogP contribution is 2.53. The summed E-state index contributed by atoms with van der Waals surface area (Å²) < 4.78 is 0. The van der Waals surface area contributed by atoms with Gasteiger partial charge >= 0.3 is 5.97 Å². The Morgan fingerprint density at radius 2 is 1.69 bits per heavy atom. The molecule has 0 radical (unpaired) electrons. The van der Waals surface area contributed by atoms with Gasteiger partial charge in [-0.1, -0.05) is 24.3 Å². The molecule has 3 aliphatic rings. The lowest BCUT2D eigenvalue weighted by Gasteiger charge is -2.38. The first kappa shape index (κ1) is 17.5. The molecule has 2 saturated carbocycles. The van der Waals surface area contributed by atoms with E-state index in [2.05, 4.69) is 36.1 Å².